The van der Waals surface area contributed by atoms with Crippen molar-refractivity contribution in [2.24, 2.45) is 7.05 Å². The quantitative estimate of drug-likeness (QED) is 0.776. The minimum Gasteiger partial charge on any atom is -0.384 e. The zero-order valence-electron chi connectivity index (χ0n) is 7.78. The Morgan fingerprint density at radius 1 is 1.27 bits per heavy atom. The second kappa shape index (κ2) is 3.67. The Morgan fingerprint density at radius 2 is 1.87 bits per heavy atom. The van der Waals surface area contributed by atoms with Crippen LogP contribution in [0.1, 0.15) is 0 Å². The Kier molecular flexibility index (Phi) is 2.50. The van der Waals surface area contributed by atoms with Gasteiger partial charge in [-0.3, -0.25) is 4.68 Å². The van der Waals surface area contributed by atoms with Gasteiger partial charge < -0.3 is 5.73 Å². The van der Waals surface area contributed by atoms with E-state index in [9.17, 15) is 0 Å². The van der Waals surface area contributed by atoms with Crippen LogP contribution < -0.4 is 5.73 Å². The number of rotatable bonds is 1. The summed E-state index contributed by atoms with van der Waals surface area (Å²) in [6.45, 7) is 0. The Balaban J connectivity index is 2.63. The molecule has 0 bridgehead atoms. The second-order valence-corrected chi connectivity index (χ2v) is 3.62. The molecular weight excluding hydrogens is 237 g/mol. The summed E-state index contributed by atoms with van der Waals surface area (Å²) in [6.07, 6.45) is 1.29. The van der Waals surface area contributed by atoms with Crippen molar-refractivity contribution in [1.29, 1.82) is 0 Å². The Hall–Kier alpha value is -1.33. The zero-order chi connectivity index (χ0) is 11.0. The van der Waals surface area contributed by atoms with Gasteiger partial charge in [0.2, 0.25) is 0 Å². The van der Waals surface area contributed by atoms with Crippen LogP contribution >= 0.6 is 23.2 Å². The fourth-order valence-electron chi connectivity index (χ4n) is 1.16. The first-order valence-electron chi connectivity index (χ1n) is 4.05. The van der Waals surface area contributed by atoms with E-state index in [-0.39, 0.29) is 10.3 Å². The van der Waals surface area contributed by atoms with Crippen molar-refractivity contribution < 1.29 is 0 Å². The molecule has 0 radical (unpaired) electrons. The summed E-state index contributed by atoms with van der Waals surface area (Å²) in [5, 5.41) is 4.66. The normalized spacial score (nSPS) is 10.6. The van der Waals surface area contributed by atoms with Crippen molar-refractivity contribution in [2.75, 3.05) is 5.73 Å². The second-order valence-electron chi connectivity index (χ2n) is 2.91. The van der Waals surface area contributed by atoms with Gasteiger partial charge in [0.25, 0.3) is 0 Å². The van der Waals surface area contributed by atoms with Gasteiger partial charge in [0.05, 0.1) is 5.56 Å². The van der Waals surface area contributed by atoms with Gasteiger partial charge in [-0.15, -0.1) is 0 Å². The van der Waals surface area contributed by atoms with Gasteiger partial charge in [-0.1, -0.05) is 23.2 Å². The summed E-state index contributed by atoms with van der Waals surface area (Å²) in [6, 6.07) is 1.66. The number of halogens is 2. The number of hydrogen-bond donors (Lipinski definition) is 1. The summed E-state index contributed by atoms with van der Waals surface area (Å²) >= 11 is 11.8. The van der Waals surface area contributed by atoms with Crippen LogP contribution in [0.4, 0.5) is 5.82 Å². The van der Waals surface area contributed by atoms with Crippen molar-refractivity contribution >= 4 is 29.0 Å². The number of aryl methyl sites for hydroxylation is 1. The van der Waals surface area contributed by atoms with Crippen LogP contribution in [-0.4, -0.2) is 19.7 Å². The maximum absolute atomic E-state index is 5.90. The van der Waals surface area contributed by atoms with Gasteiger partial charge in [0.1, 0.15) is 28.1 Å². The van der Waals surface area contributed by atoms with Crippen LogP contribution in [-0.2, 0) is 7.05 Å². The van der Waals surface area contributed by atoms with E-state index >= 15 is 0 Å². The molecule has 7 heteroatoms. The van der Waals surface area contributed by atoms with Gasteiger partial charge in [0.15, 0.2) is 0 Å². The smallest absolute Gasteiger partial charge is 0.143 e. The van der Waals surface area contributed by atoms with E-state index in [1.807, 2.05) is 0 Å². The molecule has 0 aromatic carbocycles. The Bertz CT molecular complexity index is 468. The highest BCUT2D eigenvalue weighted by atomic mass is 35.5. The van der Waals surface area contributed by atoms with Crippen molar-refractivity contribution in [2.45, 2.75) is 0 Å². The third-order valence-electron chi connectivity index (χ3n) is 1.93. The van der Waals surface area contributed by atoms with E-state index in [2.05, 4.69) is 15.1 Å². The lowest BCUT2D eigenvalue weighted by molar-refractivity contribution is 0.782. The molecule has 2 rings (SSSR count). The van der Waals surface area contributed by atoms with Gasteiger partial charge in [0, 0.05) is 13.1 Å². The fraction of sp³-hybridized carbons (Fsp3) is 0.125. The predicted molar refractivity (Wildman–Crippen MR) is 58.7 cm³/mol. The molecule has 78 valence electrons. The highest BCUT2D eigenvalue weighted by Gasteiger charge is 2.14. The number of nitrogens with zero attached hydrogens (tertiary/aromatic N) is 4. The molecule has 0 aliphatic rings. The fourth-order valence-corrected chi connectivity index (χ4v) is 1.67. The van der Waals surface area contributed by atoms with Gasteiger partial charge in [-0.2, -0.15) is 5.10 Å². The molecule has 0 atom stereocenters. The SMILES string of the molecule is Cn1nc(-c2c(Cl)ncnc2Cl)cc1N. The summed E-state index contributed by atoms with van der Waals surface area (Å²) in [7, 11) is 1.73. The van der Waals surface area contributed by atoms with Crippen LogP contribution in [0.2, 0.25) is 10.3 Å². The molecule has 0 saturated heterocycles. The Morgan fingerprint density at radius 3 is 2.33 bits per heavy atom. The van der Waals surface area contributed by atoms with E-state index in [1.165, 1.54) is 11.0 Å². The van der Waals surface area contributed by atoms with Crippen molar-refractivity contribution in [3.63, 3.8) is 0 Å². The van der Waals surface area contributed by atoms with Gasteiger partial charge >= 0.3 is 0 Å². The molecule has 0 aliphatic carbocycles. The molecule has 0 aliphatic heterocycles. The summed E-state index contributed by atoms with van der Waals surface area (Å²) in [4.78, 5) is 7.67. The van der Waals surface area contributed by atoms with E-state index < -0.39 is 0 Å². The third-order valence-corrected chi connectivity index (χ3v) is 2.50. The highest BCUT2D eigenvalue weighted by molar-refractivity contribution is 6.37. The standard InChI is InChI=1S/C8H7Cl2N5/c1-15-5(11)2-4(14-15)6-7(9)12-3-13-8(6)10/h2-3H,11H2,1H3. The highest BCUT2D eigenvalue weighted by Crippen LogP contribution is 2.31. The molecule has 0 fully saturated rings. The van der Waals surface area contributed by atoms with Gasteiger partial charge in [-0.05, 0) is 0 Å². The van der Waals surface area contributed by atoms with E-state index in [0.717, 1.165) is 0 Å². The lowest BCUT2D eigenvalue weighted by Crippen LogP contribution is -1.96. The molecule has 15 heavy (non-hydrogen) atoms. The summed E-state index contributed by atoms with van der Waals surface area (Å²) in [5.74, 6) is 0.515. The molecule has 2 aromatic heterocycles. The largest absolute Gasteiger partial charge is 0.384 e. The molecule has 2 aromatic rings. The lowest BCUT2D eigenvalue weighted by Gasteiger charge is -2.00. The molecule has 0 spiro atoms. The molecule has 2 heterocycles. The van der Waals surface area contributed by atoms with Crippen LogP contribution in [0.5, 0.6) is 0 Å². The van der Waals surface area contributed by atoms with Crippen molar-refractivity contribution in [1.82, 2.24) is 19.7 Å². The van der Waals surface area contributed by atoms with Gasteiger partial charge in [-0.25, -0.2) is 9.97 Å². The molecule has 0 unspecified atom stereocenters. The monoisotopic (exact) mass is 243 g/mol. The molecule has 0 saturated carbocycles. The van der Waals surface area contributed by atoms with E-state index in [1.54, 1.807) is 13.1 Å². The first kappa shape index (κ1) is 10.2. The first-order chi connectivity index (χ1) is 7.09. The number of aromatic nitrogens is 4. The van der Waals surface area contributed by atoms with Crippen molar-refractivity contribution in [3.8, 4) is 11.3 Å². The van der Waals surface area contributed by atoms with Crippen molar-refractivity contribution in [3.05, 3.63) is 22.7 Å². The molecule has 5 nitrogen and oxygen atoms in total. The average Bonchev–Trinajstić information content (AvgIpc) is 2.46. The number of nitrogens with two attached hydrogens (primary N) is 1. The number of nitrogen functional groups attached to an aromatic ring is 1. The molecular formula is C8H7Cl2N5. The van der Waals surface area contributed by atoms with Crippen LogP contribution in [0.3, 0.4) is 0 Å². The first-order valence-corrected chi connectivity index (χ1v) is 4.81. The lowest BCUT2D eigenvalue weighted by atomic mass is 10.2. The zero-order valence-corrected chi connectivity index (χ0v) is 9.29. The van der Waals surface area contributed by atoms with Crippen LogP contribution in [0, 0.1) is 0 Å². The van der Waals surface area contributed by atoms with Crippen LogP contribution in [0.15, 0.2) is 12.4 Å². The topological polar surface area (TPSA) is 69.6 Å². The van der Waals surface area contributed by atoms with E-state index in [0.29, 0.717) is 17.1 Å². The minimum absolute atomic E-state index is 0.258. The summed E-state index contributed by atoms with van der Waals surface area (Å²) in [5.41, 5.74) is 6.71. The predicted octanol–water partition coefficient (Wildman–Crippen LogP) is 1.77. The summed E-state index contributed by atoms with van der Waals surface area (Å²) < 4.78 is 1.52. The van der Waals surface area contributed by atoms with Crippen LogP contribution in [0.25, 0.3) is 11.3 Å². The van der Waals surface area contributed by atoms with E-state index in [4.69, 9.17) is 28.9 Å². The Labute approximate surface area is 95.8 Å². The number of anilines is 1. The molecule has 0 amide bonds. The maximum atomic E-state index is 5.90. The third kappa shape index (κ3) is 1.75. The molecule has 2 N–H and O–H groups in total. The minimum atomic E-state index is 0.258. The average molecular weight is 244 g/mol. The maximum Gasteiger partial charge on any atom is 0.143 e. The number of hydrogen-bond acceptors (Lipinski definition) is 4.